The Balaban J connectivity index is 1.37. The van der Waals surface area contributed by atoms with Crippen molar-refractivity contribution in [1.29, 1.82) is 0 Å². The number of nitrogens with one attached hydrogen (secondary N) is 1. The molecular formula is C29H34NO4+. The molecule has 0 saturated carbocycles. The molecule has 2 atom stereocenters. The van der Waals surface area contributed by atoms with E-state index in [0.717, 1.165) is 52.5 Å². The lowest BCUT2D eigenvalue weighted by Gasteiger charge is -2.34. The molecule has 2 aliphatic heterocycles. The number of quaternary nitrogens is 1. The Morgan fingerprint density at radius 2 is 1.74 bits per heavy atom. The molecule has 0 radical (unpaired) electrons. The number of hydrogen-bond acceptors (Lipinski definition) is 4. The first kappa shape index (κ1) is 22.8. The fourth-order valence-electron chi connectivity index (χ4n) is 5.25. The number of phenols is 1. The number of likely N-dealkylation sites (tertiary alicyclic amines) is 1. The highest BCUT2D eigenvalue weighted by molar-refractivity contribution is 5.79. The second-order valence-corrected chi connectivity index (χ2v) is 9.53. The maximum Gasteiger partial charge on any atom is 0.149 e. The highest BCUT2D eigenvalue weighted by atomic mass is 16.5. The lowest BCUT2D eigenvalue weighted by atomic mass is 9.84. The van der Waals surface area contributed by atoms with Gasteiger partial charge in [-0.2, -0.15) is 0 Å². The van der Waals surface area contributed by atoms with E-state index in [4.69, 9.17) is 9.47 Å². The number of allylic oxidation sites excluding steroid dienone is 3. The van der Waals surface area contributed by atoms with Crippen LogP contribution < -0.4 is 9.64 Å². The number of aliphatic hydroxyl groups is 1. The van der Waals surface area contributed by atoms with Crippen molar-refractivity contribution in [3.8, 4) is 11.5 Å². The number of phenolic OH excluding ortho intramolecular Hbond substituents is 1. The molecule has 1 fully saturated rings. The van der Waals surface area contributed by atoms with Gasteiger partial charge in [0.05, 0.1) is 19.2 Å². The van der Waals surface area contributed by atoms with Crippen LogP contribution in [0.1, 0.15) is 49.8 Å². The van der Waals surface area contributed by atoms with Crippen LogP contribution >= 0.6 is 0 Å². The fraction of sp³-hybridized carbons (Fsp3) is 0.379. The third kappa shape index (κ3) is 4.91. The minimum absolute atomic E-state index is 0.240. The minimum atomic E-state index is -0.528. The average molecular weight is 461 g/mol. The monoisotopic (exact) mass is 460 g/mol. The number of benzene rings is 2. The van der Waals surface area contributed by atoms with Gasteiger partial charge in [0.15, 0.2) is 0 Å². The molecule has 0 bridgehead atoms. The molecule has 178 valence electrons. The summed E-state index contributed by atoms with van der Waals surface area (Å²) >= 11 is 0. The van der Waals surface area contributed by atoms with Gasteiger partial charge in [-0.05, 0) is 67.2 Å². The molecule has 0 amide bonds. The van der Waals surface area contributed by atoms with Crippen LogP contribution in [0.3, 0.4) is 0 Å². The highest BCUT2D eigenvalue weighted by Crippen LogP contribution is 2.46. The normalized spacial score (nSPS) is 23.0. The maximum atomic E-state index is 10.2. The zero-order valence-corrected chi connectivity index (χ0v) is 19.8. The van der Waals surface area contributed by atoms with Crippen molar-refractivity contribution < 1.29 is 24.6 Å². The molecule has 5 nitrogen and oxygen atoms in total. The molecule has 0 spiro atoms. The van der Waals surface area contributed by atoms with Gasteiger partial charge in [0.2, 0.25) is 0 Å². The Morgan fingerprint density at radius 1 is 1.00 bits per heavy atom. The Hall–Kier alpha value is -3.02. The van der Waals surface area contributed by atoms with Crippen molar-refractivity contribution in [2.45, 2.75) is 44.8 Å². The average Bonchev–Trinajstić information content (AvgIpc) is 2.86. The van der Waals surface area contributed by atoms with Crippen LogP contribution in [0.25, 0.3) is 5.57 Å². The van der Waals surface area contributed by atoms with E-state index in [2.05, 4.69) is 19.1 Å². The molecule has 1 aliphatic carbocycles. The largest absolute Gasteiger partial charge is 0.508 e. The SMILES string of the molecule is CC1=C(c2ccc(O)cc2)[C@H](c2ccc(OCC[NH+]3CCCCC3)cc2)OC2=C1C=CC(O)C2. The third-order valence-corrected chi connectivity index (χ3v) is 7.16. The van der Waals surface area contributed by atoms with Crippen LogP contribution in [0.4, 0.5) is 0 Å². The lowest BCUT2D eigenvalue weighted by molar-refractivity contribution is -0.904. The van der Waals surface area contributed by atoms with Crippen LogP contribution in [-0.2, 0) is 4.74 Å². The predicted molar refractivity (Wildman–Crippen MR) is 133 cm³/mol. The third-order valence-electron chi connectivity index (χ3n) is 7.16. The first-order valence-corrected chi connectivity index (χ1v) is 12.4. The van der Waals surface area contributed by atoms with Gasteiger partial charge in [0.1, 0.15) is 36.5 Å². The fourth-order valence-corrected chi connectivity index (χ4v) is 5.25. The first-order valence-electron chi connectivity index (χ1n) is 12.4. The quantitative estimate of drug-likeness (QED) is 0.611. The molecule has 3 N–H and O–H groups in total. The molecule has 1 unspecified atom stereocenters. The summed E-state index contributed by atoms with van der Waals surface area (Å²) in [5, 5.41) is 19.9. The summed E-state index contributed by atoms with van der Waals surface area (Å²) in [4.78, 5) is 1.64. The van der Waals surface area contributed by atoms with E-state index in [0.29, 0.717) is 6.42 Å². The van der Waals surface area contributed by atoms with Gasteiger partial charge in [0.25, 0.3) is 0 Å². The summed E-state index contributed by atoms with van der Waals surface area (Å²) < 4.78 is 12.6. The van der Waals surface area contributed by atoms with Crippen LogP contribution in [0.2, 0.25) is 0 Å². The highest BCUT2D eigenvalue weighted by Gasteiger charge is 2.32. The molecule has 5 rings (SSSR count). The zero-order valence-electron chi connectivity index (χ0n) is 19.8. The van der Waals surface area contributed by atoms with Gasteiger partial charge < -0.3 is 24.6 Å². The van der Waals surface area contributed by atoms with E-state index >= 15 is 0 Å². The Morgan fingerprint density at radius 3 is 2.47 bits per heavy atom. The molecule has 5 heteroatoms. The van der Waals surface area contributed by atoms with E-state index in [1.807, 2.05) is 36.4 Å². The summed E-state index contributed by atoms with van der Waals surface area (Å²) in [6, 6.07) is 15.5. The summed E-state index contributed by atoms with van der Waals surface area (Å²) in [6.45, 7) is 6.40. The van der Waals surface area contributed by atoms with Gasteiger partial charge in [-0.25, -0.2) is 0 Å². The van der Waals surface area contributed by atoms with Gasteiger partial charge in [-0.1, -0.05) is 36.4 Å². The van der Waals surface area contributed by atoms with Gasteiger partial charge in [-0.3, -0.25) is 0 Å². The maximum absolute atomic E-state index is 10.2. The van der Waals surface area contributed by atoms with E-state index in [9.17, 15) is 10.2 Å². The van der Waals surface area contributed by atoms with Gasteiger partial charge >= 0.3 is 0 Å². The lowest BCUT2D eigenvalue weighted by Crippen LogP contribution is -3.13. The molecule has 2 heterocycles. The summed E-state index contributed by atoms with van der Waals surface area (Å²) in [5.74, 6) is 1.94. The smallest absolute Gasteiger partial charge is 0.149 e. The second-order valence-electron chi connectivity index (χ2n) is 9.53. The molecule has 1 saturated heterocycles. The predicted octanol–water partition coefficient (Wildman–Crippen LogP) is 3.96. The van der Waals surface area contributed by atoms with Crippen molar-refractivity contribution in [2.24, 2.45) is 0 Å². The first-order chi connectivity index (χ1) is 16.6. The minimum Gasteiger partial charge on any atom is -0.508 e. The number of hydrogen-bond donors (Lipinski definition) is 3. The zero-order chi connectivity index (χ0) is 23.5. The van der Waals surface area contributed by atoms with E-state index in [1.54, 1.807) is 17.0 Å². The van der Waals surface area contributed by atoms with Crippen molar-refractivity contribution in [3.05, 3.63) is 88.7 Å². The van der Waals surface area contributed by atoms with E-state index in [-0.39, 0.29) is 11.9 Å². The molecule has 2 aromatic rings. The molecule has 3 aliphatic rings. The Bertz CT molecular complexity index is 1090. The number of rotatable bonds is 6. The van der Waals surface area contributed by atoms with Gasteiger partial charge in [-0.15, -0.1) is 0 Å². The summed E-state index contributed by atoms with van der Waals surface area (Å²) in [5.41, 5.74) is 5.28. The van der Waals surface area contributed by atoms with Crippen LogP contribution in [0, 0.1) is 0 Å². The standard InChI is InChI=1S/C29H33NO4/c1-20-26-14-11-24(32)19-27(26)34-29(28(20)21-5-9-23(31)10-6-21)22-7-12-25(13-8-22)33-18-17-30-15-3-2-4-16-30/h5-14,24,29,31-32H,2-4,15-19H2,1H3/p+1/t24?,29-/m0/s1. The van der Waals surface area contributed by atoms with Crippen LogP contribution in [0.5, 0.6) is 11.5 Å². The number of aliphatic hydroxyl groups excluding tert-OH is 1. The van der Waals surface area contributed by atoms with E-state index < -0.39 is 6.10 Å². The van der Waals surface area contributed by atoms with Crippen molar-refractivity contribution in [2.75, 3.05) is 26.2 Å². The van der Waals surface area contributed by atoms with Crippen molar-refractivity contribution in [1.82, 2.24) is 0 Å². The van der Waals surface area contributed by atoms with Crippen LogP contribution in [-0.4, -0.2) is 42.6 Å². The van der Waals surface area contributed by atoms with E-state index in [1.165, 1.54) is 32.4 Å². The number of ether oxygens (including phenoxy) is 2. The number of aromatic hydroxyl groups is 1. The topological polar surface area (TPSA) is 63.4 Å². The number of piperidine rings is 1. The Labute approximate surface area is 201 Å². The summed E-state index contributed by atoms with van der Waals surface area (Å²) in [6.07, 6.45) is 7.44. The second kappa shape index (κ2) is 10.1. The molecule has 34 heavy (non-hydrogen) atoms. The Kier molecular flexibility index (Phi) is 6.75. The summed E-state index contributed by atoms with van der Waals surface area (Å²) in [7, 11) is 0. The molecule has 2 aromatic carbocycles. The van der Waals surface area contributed by atoms with Crippen molar-refractivity contribution >= 4 is 5.57 Å². The van der Waals surface area contributed by atoms with Crippen molar-refractivity contribution in [3.63, 3.8) is 0 Å². The molecule has 0 aromatic heterocycles. The molecular weight excluding hydrogens is 426 g/mol. The van der Waals surface area contributed by atoms with Gasteiger partial charge in [0, 0.05) is 17.6 Å². The van der Waals surface area contributed by atoms with Crippen LogP contribution in [0.15, 0.2) is 77.6 Å².